The lowest BCUT2D eigenvalue weighted by atomic mass is 9.93. The first-order chi connectivity index (χ1) is 18.0. The normalized spacial score (nSPS) is 13.3. The van der Waals surface area contributed by atoms with Crippen LogP contribution in [0.3, 0.4) is 0 Å². The van der Waals surface area contributed by atoms with Crippen LogP contribution in [-0.4, -0.2) is 32.0 Å². The molecule has 0 unspecified atom stereocenters. The molecule has 0 spiro atoms. The number of hydrogen-bond acceptors (Lipinski definition) is 7. The van der Waals surface area contributed by atoms with Gasteiger partial charge in [-0.2, -0.15) is 8.75 Å². The van der Waals surface area contributed by atoms with Crippen molar-refractivity contribution in [2.45, 2.75) is 64.7 Å². The average Bonchev–Trinajstić information content (AvgIpc) is 3.67. The smallest absolute Gasteiger partial charge is 0.262 e. The molecule has 10 heteroatoms. The number of halogens is 2. The van der Waals surface area contributed by atoms with Crippen LogP contribution >= 0.6 is 66.3 Å². The van der Waals surface area contributed by atoms with E-state index in [4.69, 9.17) is 0 Å². The van der Waals surface area contributed by atoms with Gasteiger partial charge in [-0.15, -0.1) is 22.7 Å². The highest BCUT2D eigenvalue weighted by molar-refractivity contribution is 9.11. The number of imide groups is 1. The van der Waals surface area contributed by atoms with E-state index in [9.17, 15) is 9.59 Å². The molecule has 0 radical (unpaired) electrons. The van der Waals surface area contributed by atoms with Crippen LogP contribution in [0.2, 0.25) is 0 Å². The highest BCUT2D eigenvalue weighted by atomic mass is 79.9. The van der Waals surface area contributed by atoms with Gasteiger partial charge in [0.2, 0.25) is 0 Å². The third-order valence-corrected chi connectivity index (χ3v) is 10.6. The van der Waals surface area contributed by atoms with Crippen molar-refractivity contribution in [3.8, 4) is 20.9 Å². The van der Waals surface area contributed by atoms with Crippen molar-refractivity contribution in [1.82, 2.24) is 13.6 Å². The molecule has 194 valence electrons. The highest BCUT2D eigenvalue weighted by Gasteiger charge is 2.42. The number of unbranched alkanes of at least 4 members (excludes halogenated alkanes) is 8. The van der Waals surface area contributed by atoms with Gasteiger partial charge >= 0.3 is 0 Å². The number of nitrogens with zero attached hydrogens (tertiary/aromatic N) is 3. The maximum atomic E-state index is 13.9. The Morgan fingerprint density at radius 3 is 1.57 bits per heavy atom. The highest BCUT2D eigenvalue weighted by Crippen LogP contribution is 2.48. The van der Waals surface area contributed by atoms with E-state index in [1.54, 1.807) is 0 Å². The minimum atomic E-state index is -0.217. The summed E-state index contributed by atoms with van der Waals surface area (Å²) in [6.07, 6.45) is 10.7. The molecule has 5 rings (SSSR count). The van der Waals surface area contributed by atoms with Gasteiger partial charge in [-0.05, 0) is 62.5 Å². The largest absolute Gasteiger partial charge is 0.274 e. The van der Waals surface area contributed by atoms with E-state index in [0.717, 1.165) is 59.4 Å². The summed E-state index contributed by atoms with van der Waals surface area (Å²) in [5.74, 6) is -0.434. The van der Waals surface area contributed by atoms with E-state index in [2.05, 4.69) is 47.5 Å². The monoisotopic (exact) mass is 679 g/mol. The van der Waals surface area contributed by atoms with Gasteiger partial charge in [0.05, 0.1) is 30.4 Å². The Morgan fingerprint density at radius 1 is 0.676 bits per heavy atom. The summed E-state index contributed by atoms with van der Waals surface area (Å²) in [7, 11) is 0. The van der Waals surface area contributed by atoms with Crippen LogP contribution in [0, 0.1) is 0 Å². The fourth-order valence-electron chi connectivity index (χ4n) is 4.95. The third-order valence-electron chi connectivity index (χ3n) is 6.75. The van der Waals surface area contributed by atoms with Gasteiger partial charge in [-0.1, -0.05) is 58.3 Å². The molecular formula is C27H27Br2N3O2S3. The van der Waals surface area contributed by atoms with Crippen LogP contribution in [0.4, 0.5) is 0 Å². The quantitative estimate of drug-likeness (QED) is 0.110. The summed E-state index contributed by atoms with van der Waals surface area (Å²) in [6, 6.07) is 7.88. The average molecular weight is 682 g/mol. The summed E-state index contributed by atoms with van der Waals surface area (Å²) in [4.78, 5) is 31.0. The number of aromatic nitrogens is 2. The minimum Gasteiger partial charge on any atom is -0.274 e. The van der Waals surface area contributed by atoms with Crippen LogP contribution in [0.15, 0.2) is 31.8 Å². The van der Waals surface area contributed by atoms with Crippen molar-refractivity contribution >= 4 is 89.1 Å². The molecule has 0 aliphatic carbocycles. The van der Waals surface area contributed by atoms with Gasteiger partial charge in [0, 0.05) is 27.4 Å². The zero-order chi connectivity index (χ0) is 25.9. The summed E-state index contributed by atoms with van der Waals surface area (Å²) in [6.45, 7) is 2.68. The molecule has 1 aliphatic heterocycles. The summed E-state index contributed by atoms with van der Waals surface area (Å²) < 4.78 is 11.1. The number of carbonyl (C=O) groups is 2. The molecule has 1 aliphatic rings. The number of carbonyl (C=O) groups excluding carboxylic acids is 2. The van der Waals surface area contributed by atoms with E-state index in [1.165, 1.54) is 66.1 Å². The molecule has 0 atom stereocenters. The van der Waals surface area contributed by atoms with E-state index in [-0.39, 0.29) is 11.8 Å². The zero-order valence-electron chi connectivity index (χ0n) is 20.5. The molecule has 0 bridgehead atoms. The first kappa shape index (κ1) is 27.1. The molecule has 1 aromatic carbocycles. The standard InChI is InChI=1S/C27H27Br2N3O2S3/c1-2-3-4-5-6-7-8-9-10-15-32-26(33)22-20(16-11-13-18(28)35-16)24-25(31-37-30-24)21(23(22)27(32)34)17-12-14-19(29)36-17/h11-14H,2-10,15H2,1H3. The minimum absolute atomic E-state index is 0.217. The lowest BCUT2D eigenvalue weighted by Crippen LogP contribution is -2.30. The van der Waals surface area contributed by atoms with Crippen molar-refractivity contribution in [3.05, 3.63) is 43.0 Å². The second kappa shape index (κ2) is 12.2. The van der Waals surface area contributed by atoms with E-state index >= 15 is 0 Å². The Balaban J connectivity index is 1.45. The van der Waals surface area contributed by atoms with Crippen LogP contribution in [0.1, 0.15) is 85.4 Å². The van der Waals surface area contributed by atoms with Crippen molar-refractivity contribution in [2.24, 2.45) is 0 Å². The number of fused-ring (bicyclic) bond motifs is 2. The van der Waals surface area contributed by atoms with Crippen molar-refractivity contribution in [1.29, 1.82) is 0 Å². The summed E-state index contributed by atoms with van der Waals surface area (Å²) in [5, 5.41) is 0. The van der Waals surface area contributed by atoms with Gasteiger partial charge in [-0.25, -0.2) is 0 Å². The first-order valence-electron chi connectivity index (χ1n) is 12.7. The van der Waals surface area contributed by atoms with Crippen LogP contribution in [0.25, 0.3) is 31.9 Å². The van der Waals surface area contributed by atoms with Gasteiger partial charge in [-0.3, -0.25) is 14.5 Å². The predicted octanol–water partition coefficient (Wildman–Crippen LogP) is 9.80. The molecule has 0 saturated heterocycles. The topological polar surface area (TPSA) is 63.2 Å². The summed E-state index contributed by atoms with van der Waals surface area (Å²) >= 11 is 11.3. The molecule has 0 saturated carbocycles. The van der Waals surface area contributed by atoms with Crippen LogP contribution in [-0.2, 0) is 0 Å². The molecular weight excluding hydrogens is 654 g/mol. The number of hydrogen-bond donors (Lipinski definition) is 0. The summed E-state index contributed by atoms with van der Waals surface area (Å²) in [5.41, 5.74) is 3.75. The third kappa shape index (κ3) is 5.50. The fraction of sp³-hybridized carbons (Fsp3) is 0.407. The van der Waals surface area contributed by atoms with Gasteiger partial charge in [0.15, 0.2) is 0 Å². The van der Waals surface area contributed by atoms with Crippen molar-refractivity contribution < 1.29 is 9.59 Å². The fourth-order valence-corrected chi connectivity index (χ4v) is 8.39. The van der Waals surface area contributed by atoms with Gasteiger partial charge < -0.3 is 0 Å². The van der Waals surface area contributed by atoms with Crippen LogP contribution < -0.4 is 0 Å². The molecule has 37 heavy (non-hydrogen) atoms. The molecule has 3 aromatic heterocycles. The Labute approximate surface area is 245 Å². The van der Waals surface area contributed by atoms with E-state index in [0.29, 0.717) is 28.7 Å². The van der Waals surface area contributed by atoms with Gasteiger partial charge in [0.1, 0.15) is 11.0 Å². The van der Waals surface area contributed by atoms with Crippen molar-refractivity contribution in [3.63, 3.8) is 0 Å². The van der Waals surface area contributed by atoms with Crippen LogP contribution in [0.5, 0.6) is 0 Å². The Bertz CT molecular complexity index is 1350. The predicted molar refractivity (Wildman–Crippen MR) is 162 cm³/mol. The Morgan fingerprint density at radius 2 is 1.14 bits per heavy atom. The molecule has 4 aromatic rings. The van der Waals surface area contributed by atoms with E-state index in [1.807, 2.05) is 24.3 Å². The van der Waals surface area contributed by atoms with Crippen molar-refractivity contribution in [2.75, 3.05) is 6.54 Å². The van der Waals surface area contributed by atoms with E-state index < -0.39 is 0 Å². The second-order valence-electron chi connectivity index (χ2n) is 9.26. The number of thiophene rings is 2. The Kier molecular flexibility index (Phi) is 8.91. The lowest BCUT2D eigenvalue weighted by molar-refractivity contribution is 0.0652. The maximum absolute atomic E-state index is 13.9. The maximum Gasteiger partial charge on any atom is 0.262 e. The molecule has 0 N–H and O–H groups in total. The molecule has 2 amide bonds. The molecule has 5 nitrogen and oxygen atoms in total. The second-order valence-corrected chi connectivity index (χ2v) is 14.7. The van der Waals surface area contributed by atoms with Gasteiger partial charge in [0.25, 0.3) is 11.8 Å². The number of rotatable bonds is 12. The SMILES string of the molecule is CCCCCCCCCCCN1C(=O)c2c(c(-c3ccc(Br)s3)c3nsnc3c2-c2ccc(Br)s2)C1=O. The molecule has 4 heterocycles. The number of amides is 2. The zero-order valence-corrected chi connectivity index (χ0v) is 26.1. The lowest BCUT2D eigenvalue weighted by Gasteiger charge is -2.13. The Hall–Kier alpha value is -1.46. The molecule has 0 fully saturated rings. The first-order valence-corrected chi connectivity index (χ1v) is 16.7. The number of benzene rings is 1.